The highest BCUT2D eigenvalue weighted by atomic mass is 16.5. The van der Waals surface area contributed by atoms with Crippen molar-refractivity contribution in [1.29, 1.82) is 5.26 Å². The molecule has 1 aromatic carbocycles. The number of nitrogens with zero attached hydrogens (tertiary/aromatic N) is 3. The van der Waals surface area contributed by atoms with E-state index >= 15 is 0 Å². The summed E-state index contributed by atoms with van der Waals surface area (Å²) >= 11 is 0. The molecule has 0 saturated carbocycles. The van der Waals surface area contributed by atoms with Gasteiger partial charge < -0.3 is 19.4 Å². The zero-order valence-corrected chi connectivity index (χ0v) is 14.2. The maximum Gasteiger partial charge on any atom is 0.232 e. The Balaban J connectivity index is 2.03. The van der Waals surface area contributed by atoms with Crippen LogP contribution in [0.1, 0.15) is 24.1 Å². The summed E-state index contributed by atoms with van der Waals surface area (Å²) in [5.41, 5.74) is 1.26. The van der Waals surface area contributed by atoms with Crippen LogP contribution in [0.5, 0.6) is 5.75 Å². The lowest BCUT2D eigenvalue weighted by Crippen LogP contribution is -2.20. The first-order chi connectivity index (χ1) is 11.6. The fourth-order valence-electron chi connectivity index (χ4n) is 2.01. The van der Waals surface area contributed by atoms with E-state index in [0.29, 0.717) is 24.9 Å². The molecule has 0 aliphatic heterocycles. The highest BCUT2D eigenvalue weighted by Gasteiger charge is 2.10. The van der Waals surface area contributed by atoms with E-state index < -0.39 is 0 Å². The van der Waals surface area contributed by atoms with E-state index in [1.165, 1.54) is 0 Å². The summed E-state index contributed by atoms with van der Waals surface area (Å²) in [5, 5.41) is 12.2. The van der Waals surface area contributed by atoms with E-state index in [0.717, 1.165) is 17.9 Å². The van der Waals surface area contributed by atoms with E-state index in [1.54, 1.807) is 6.08 Å². The van der Waals surface area contributed by atoms with Gasteiger partial charge in [0, 0.05) is 19.2 Å². The van der Waals surface area contributed by atoms with E-state index in [9.17, 15) is 0 Å². The average Bonchev–Trinajstić information content (AvgIpc) is 2.96. The van der Waals surface area contributed by atoms with Crippen molar-refractivity contribution in [1.82, 2.24) is 9.88 Å². The number of rotatable bonds is 8. The first-order valence-electron chi connectivity index (χ1n) is 7.83. The Bertz CT molecular complexity index is 712. The maximum absolute atomic E-state index is 9.15. The van der Waals surface area contributed by atoms with Gasteiger partial charge in [-0.3, -0.25) is 0 Å². The van der Waals surface area contributed by atoms with E-state index in [-0.39, 0.29) is 5.69 Å². The Kier molecular flexibility index (Phi) is 6.41. The topological polar surface area (TPSA) is 74.3 Å². The number of anilines is 1. The Hall–Kier alpha value is -2.78. The number of likely N-dealkylation sites (N-methyl/N-ethyl adjacent to an activating group) is 1. The van der Waals surface area contributed by atoms with Crippen molar-refractivity contribution in [2.45, 2.75) is 6.92 Å². The summed E-state index contributed by atoms with van der Waals surface area (Å²) in [6.07, 6.45) is 3.62. The van der Waals surface area contributed by atoms with Gasteiger partial charge in [0.15, 0.2) is 0 Å². The van der Waals surface area contributed by atoms with Crippen LogP contribution < -0.4 is 10.1 Å². The van der Waals surface area contributed by atoms with E-state index in [2.05, 4.69) is 10.3 Å². The number of nitrogens with one attached hydrogen (secondary N) is 1. The number of ether oxygens (including phenoxy) is 1. The van der Waals surface area contributed by atoms with Gasteiger partial charge in [-0.05, 0) is 44.8 Å². The molecule has 0 spiro atoms. The van der Waals surface area contributed by atoms with Gasteiger partial charge in [-0.1, -0.05) is 12.1 Å². The number of benzene rings is 1. The minimum atomic E-state index is 0.264. The van der Waals surface area contributed by atoms with Crippen LogP contribution in [0.4, 0.5) is 5.88 Å². The van der Waals surface area contributed by atoms with Crippen molar-refractivity contribution in [2.75, 3.05) is 39.1 Å². The molecule has 0 radical (unpaired) electrons. The molecule has 0 aliphatic rings. The van der Waals surface area contributed by atoms with Crippen LogP contribution in [-0.4, -0.2) is 43.7 Å². The van der Waals surface area contributed by atoms with Crippen molar-refractivity contribution in [3.8, 4) is 11.8 Å². The second-order valence-corrected chi connectivity index (χ2v) is 5.41. The normalized spacial score (nSPS) is 11.0. The zero-order valence-electron chi connectivity index (χ0n) is 14.2. The Morgan fingerprint density at radius 2 is 2.04 bits per heavy atom. The lowest BCUT2D eigenvalue weighted by atomic mass is 10.2. The van der Waals surface area contributed by atoms with Crippen molar-refractivity contribution >= 4 is 18.0 Å². The van der Waals surface area contributed by atoms with E-state index in [1.807, 2.05) is 62.3 Å². The van der Waals surface area contributed by atoms with Gasteiger partial charge in [0.25, 0.3) is 0 Å². The average molecular weight is 326 g/mol. The van der Waals surface area contributed by atoms with Crippen LogP contribution >= 0.6 is 0 Å². The SMILES string of the molecule is CCOc1ccc(C=Cc2nc(C#N)c(NCCN(C)C)o2)cc1. The Morgan fingerprint density at radius 1 is 1.29 bits per heavy atom. The summed E-state index contributed by atoms with van der Waals surface area (Å²) < 4.78 is 11.0. The van der Waals surface area contributed by atoms with Gasteiger partial charge in [-0.25, -0.2) is 0 Å². The molecule has 0 saturated heterocycles. The summed E-state index contributed by atoms with van der Waals surface area (Å²) in [4.78, 5) is 6.22. The molecule has 0 fully saturated rings. The monoisotopic (exact) mass is 326 g/mol. The quantitative estimate of drug-likeness (QED) is 0.803. The standard InChI is InChI=1S/C18H22N4O2/c1-4-23-15-8-5-14(6-9-15)7-10-17-21-16(13-19)18(24-17)20-11-12-22(2)3/h5-10,20H,4,11-12H2,1-3H3. The Morgan fingerprint density at radius 3 is 2.67 bits per heavy atom. The van der Waals surface area contributed by atoms with Crippen LogP contribution in [0.25, 0.3) is 12.2 Å². The van der Waals surface area contributed by atoms with E-state index in [4.69, 9.17) is 14.4 Å². The molecule has 0 bridgehead atoms. The third-order valence-corrected chi connectivity index (χ3v) is 3.20. The molecule has 1 heterocycles. The van der Waals surface area contributed by atoms with Crippen molar-refractivity contribution in [2.24, 2.45) is 0 Å². The predicted octanol–water partition coefficient (Wildman–Crippen LogP) is 3.09. The van der Waals surface area contributed by atoms with Crippen LogP contribution in [0, 0.1) is 11.3 Å². The number of oxazole rings is 1. The molecule has 1 aromatic heterocycles. The lowest BCUT2D eigenvalue weighted by molar-refractivity contribution is 0.340. The molecular weight excluding hydrogens is 304 g/mol. The molecule has 6 heteroatoms. The first kappa shape index (κ1) is 17.6. The van der Waals surface area contributed by atoms with Gasteiger partial charge >= 0.3 is 0 Å². The molecule has 0 atom stereocenters. The van der Waals surface area contributed by atoms with Crippen molar-refractivity contribution < 1.29 is 9.15 Å². The van der Waals surface area contributed by atoms with Crippen LogP contribution in [0.3, 0.4) is 0 Å². The number of nitriles is 1. The smallest absolute Gasteiger partial charge is 0.232 e. The molecule has 6 nitrogen and oxygen atoms in total. The number of hydrogen-bond donors (Lipinski definition) is 1. The highest BCUT2D eigenvalue weighted by molar-refractivity contribution is 5.67. The predicted molar refractivity (Wildman–Crippen MR) is 94.8 cm³/mol. The molecule has 0 amide bonds. The van der Waals surface area contributed by atoms with Crippen LogP contribution in [0.2, 0.25) is 0 Å². The molecule has 126 valence electrons. The molecule has 2 rings (SSSR count). The molecule has 0 aliphatic carbocycles. The van der Waals surface area contributed by atoms with Gasteiger partial charge in [0.1, 0.15) is 11.8 Å². The molecule has 1 N–H and O–H groups in total. The number of hydrogen-bond acceptors (Lipinski definition) is 6. The van der Waals surface area contributed by atoms with Crippen LogP contribution in [0.15, 0.2) is 28.7 Å². The summed E-state index contributed by atoms with van der Waals surface area (Å²) in [6, 6.07) is 9.76. The minimum absolute atomic E-state index is 0.264. The minimum Gasteiger partial charge on any atom is -0.494 e. The Labute approximate surface area is 142 Å². The highest BCUT2D eigenvalue weighted by Crippen LogP contribution is 2.19. The molecular formula is C18H22N4O2. The second-order valence-electron chi connectivity index (χ2n) is 5.41. The maximum atomic E-state index is 9.15. The third kappa shape index (κ3) is 5.14. The lowest BCUT2D eigenvalue weighted by Gasteiger charge is -2.09. The van der Waals surface area contributed by atoms with Gasteiger partial charge in [0.05, 0.1) is 6.61 Å². The largest absolute Gasteiger partial charge is 0.494 e. The van der Waals surface area contributed by atoms with Crippen molar-refractivity contribution in [3.05, 3.63) is 41.4 Å². The summed E-state index contributed by atoms with van der Waals surface area (Å²) in [7, 11) is 3.97. The molecule has 2 aromatic rings. The molecule has 0 unspecified atom stereocenters. The first-order valence-corrected chi connectivity index (χ1v) is 7.83. The number of aromatic nitrogens is 1. The van der Waals surface area contributed by atoms with Gasteiger partial charge in [-0.15, -0.1) is 0 Å². The zero-order chi connectivity index (χ0) is 17.4. The third-order valence-electron chi connectivity index (χ3n) is 3.20. The van der Waals surface area contributed by atoms with Crippen LogP contribution in [-0.2, 0) is 0 Å². The summed E-state index contributed by atoms with van der Waals surface area (Å²) in [5.74, 6) is 1.64. The molecule has 24 heavy (non-hydrogen) atoms. The summed E-state index contributed by atoms with van der Waals surface area (Å²) in [6.45, 7) is 4.11. The van der Waals surface area contributed by atoms with Crippen molar-refractivity contribution in [3.63, 3.8) is 0 Å². The fourth-order valence-corrected chi connectivity index (χ4v) is 2.01. The second kappa shape index (κ2) is 8.75. The van der Waals surface area contributed by atoms with Gasteiger partial charge in [0.2, 0.25) is 17.5 Å². The fraction of sp³-hybridized carbons (Fsp3) is 0.333. The van der Waals surface area contributed by atoms with Gasteiger partial charge in [-0.2, -0.15) is 10.2 Å².